The molecule has 0 saturated carbocycles. The second-order valence-electron chi connectivity index (χ2n) is 5.26. The van der Waals surface area contributed by atoms with Crippen molar-refractivity contribution in [3.8, 4) is 0 Å². The van der Waals surface area contributed by atoms with Gasteiger partial charge in [-0.1, -0.05) is 30.3 Å². The van der Waals surface area contributed by atoms with Crippen LogP contribution in [0.4, 0.5) is 4.39 Å². The molecule has 5 heteroatoms. The fraction of sp³-hybridized carbons (Fsp3) is 0.571. The van der Waals surface area contributed by atoms with Crippen LogP contribution in [0.1, 0.15) is 18.8 Å². The van der Waals surface area contributed by atoms with Crippen molar-refractivity contribution in [1.82, 2.24) is 0 Å². The molecule has 3 nitrogen and oxygen atoms in total. The van der Waals surface area contributed by atoms with E-state index in [4.69, 9.17) is 22.1 Å². The maximum atomic E-state index is 14.7. The Kier molecular flexibility index (Phi) is 3.37. The Bertz CT molecular complexity index is 440. The van der Waals surface area contributed by atoms with E-state index in [0.29, 0.717) is 6.61 Å². The topological polar surface area (TPSA) is 27.7 Å². The predicted octanol–water partition coefficient (Wildman–Crippen LogP) is 2.18. The molecular formula is C14H16BFO3. The Morgan fingerprint density at radius 2 is 1.95 bits per heavy atom. The molecule has 3 rings (SSSR count). The van der Waals surface area contributed by atoms with Crippen LogP contribution in [-0.2, 0) is 14.2 Å². The minimum atomic E-state index is -1.61. The molecule has 19 heavy (non-hydrogen) atoms. The van der Waals surface area contributed by atoms with Crippen molar-refractivity contribution < 1.29 is 18.6 Å². The van der Waals surface area contributed by atoms with Crippen LogP contribution in [-0.4, -0.2) is 38.9 Å². The van der Waals surface area contributed by atoms with E-state index in [1.54, 1.807) is 0 Å². The van der Waals surface area contributed by atoms with Gasteiger partial charge in [-0.15, -0.1) is 0 Å². The maximum Gasteiger partial charge on any atom is 0.184 e. The van der Waals surface area contributed by atoms with Gasteiger partial charge >= 0.3 is 0 Å². The molecule has 0 bridgehead atoms. The highest BCUT2D eigenvalue weighted by atomic mass is 19.1. The van der Waals surface area contributed by atoms with E-state index in [0.717, 1.165) is 5.56 Å². The number of hydrogen-bond acceptors (Lipinski definition) is 3. The van der Waals surface area contributed by atoms with Crippen LogP contribution >= 0.6 is 0 Å². The number of halogens is 1. The fourth-order valence-electron chi connectivity index (χ4n) is 2.55. The number of alkyl halides is 1. The van der Waals surface area contributed by atoms with Crippen molar-refractivity contribution in [1.29, 1.82) is 0 Å². The normalized spacial score (nSPS) is 42.6. The van der Waals surface area contributed by atoms with Gasteiger partial charge < -0.3 is 14.2 Å². The van der Waals surface area contributed by atoms with E-state index < -0.39 is 30.0 Å². The second-order valence-corrected chi connectivity index (χ2v) is 5.26. The summed E-state index contributed by atoms with van der Waals surface area (Å²) in [6, 6.07) is 9.49. The lowest BCUT2D eigenvalue weighted by Gasteiger charge is -2.48. The molecule has 2 aliphatic heterocycles. The van der Waals surface area contributed by atoms with Gasteiger partial charge in [0.1, 0.15) is 17.9 Å². The van der Waals surface area contributed by atoms with Crippen LogP contribution in [0.3, 0.4) is 0 Å². The van der Waals surface area contributed by atoms with E-state index in [1.165, 1.54) is 6.92 Å². The van der Waals surface area contributed by atoms with E-state index in [1.807, 2.05) is 30.3 Å². The Balaban J connectivity index is 1.81. The first kappa shape index (κ1) is 13.1. The number of benzene rings is 1. The maximum absolute atomic E-state index is 14.7. The van der Waals surface area contributed by atoms with Crippen LogP contribution < -0.4 is 0 Å². The smallest absolute Gasteiger partial charge is 0.184 e. The van der Waals surface area contributed by atoms with Gasteiger partial charge in [-0.2, -0.15) is 0 Å². The molecular weight excluding hydrogens is 246 g/mol. The van der Waals surface area contributed by atoms with Gasteiger partial charge in [0.2, 0.25) is 0 Å². The van der Waals surface area contributed by atoms with Gasteiger partial charge in [0, 0.05) is 12.2 Å². The molecule has 2 fully saturated rings. The van der Waals surface area contributed by atoms with Gasteiger partial charge in [0.25, 0.3) is 0 Å². The van der Waals surface area contributed by atoms with Crippen molar-refractivity contribution in [2.24, 2.45) is 0 Å². The molecule has 0 aliphatic carbocycles. The highest BCUT2D eigenvalue weighted by Crippen LogP contribution is 2.42. The van der Waals surface area contributed by atoms with E-state index in [9.17, 15) is 4.39 Å². The zero-order valence-electron chi connectivity index (χ0n) is 10.8. The molecule has 2 saturated heterocycles. The summed E-state index contributed by atoms with van der Waals surface area (Å²) < 4.78 is 31.6. The highest BCUT2D eigenvalue weighted by Gasteiger charge is 2.52. The summed E-state index contributed by atoms with van der Waals surface area (Å²) in [4.78, 5) is 0. The van der Waals surface area contributed by atoms with Crippen LogP contribution in [0, 0.1) is 0 Å². The summed E-state index contributed by atoms with van der Waals surface area (Å²) >= 11 is 0. The summed E-state index contributed by atoms with van der Waals surface area (Å²) in [7, 11) is 5.78. The number of rotatable bonds is 1. The SMILES string of the molecule is [B][C@@H]1CO[C@@H]2CO[C@@H](c3ccccc3)OC2[C@@]1(C)F. The van der Waals surface area contributed by atoms with Crippen LogP contribution in [0.2, 0.25) is 5.82 Å². The minimum absolute atomic E-state index is 0.191. The van der Waals surface area contributed by atoms with Crippen LogP contribution in [0.25, 0.3) is 0 Å². The lowest BCUT2D eigenvalue weighted by molar-refractivity contribution is -0.307. The van der Waals surface area contributed by atoms with Gasteiger partial charge in [-0.05, 0) is 12.7 Å². The first-order chi connectivity index (χ1) is 9.09. The highest BCUT2D eigenvalue weighted by molar-refractivity contribution is 6.12. The molecule has 5 atom stereocenters. The first-order valence-corrected chi connectivity index (χ1v) is 6.47. The molecule has 0 amide bonds. The molecule has 0 spiro atoms. The van der Waals surface area contributed by atoms with E-state index >= 15 is 0 Å². The van der Waals surface area contributed by atoms with Gasteiger partial charge in [0.05, 0.1) is 14.5 Å². The molecule has 1 aromatic carbocycles. The van der Waals surface area contributed by atoms with Crippen molar-refractivity contribution in [3.05, 3.63) is 35.9 Å². The molecule has 1 unspecified atom stereocenters. The summed E-state index contributed by atoms with van der Waals surface area (Å²) in [6.07, 6.45) is -1.66. The Labute approximate surface area is 113 Å². The van der Waals surface area contributed by atoms with Crippen molar-refractivity contribution in [3.63, 3.8) is 0 Å². The third-order valence-corrected chi connectivity index (χ3v) is 3.86. The first-order valence-electron chi connectivity index (χ1n) is 6.47. The summed E-state index contributed by atoms with van der Waals surface area (Å²) in [5, 5.41) is 0. The average molecular weight is 262 g/mol. The summed E-state index contributed by atoms with van der Waals surface area (Å²) in [5.41, 5.74) is -0.740. The van der Waals surface area contributed by atoms with E-state index in [-0.39, 0.29) is 6.61 Å². The lowest BCUT2D eigenvalue weighted by atomic mass is 9.70. The summed E-state index contributed by atoms with van der Waals surface area (Å²) in [6.45, 7) is 1.98. The predicted molar refractivity (Wildman–Crippen MR) is 68.8 cm³/mol. The van der Waals surface area contributed by atoms with Crippen LogP contribution in [0.5, 0.6) is 0 Å². The van der Waals surface area contributed by atoms with Crippen LogP contribution in [0.15, 0.2) is 30.3 Å². The zero-order chi connectivity index (χ0) is 13.5. The average Bonchev–Trinajstić information content (AvgIpc) is 2.44. The molecule has 1 aromatic rings. The van der Waals surface area contributed by atoms with Crippen molar-refractivity contribution in [2.45, 2.75) is 36.9 Å². The number of fused-ring (bicyclic) bond motifs is 1. The minimum Gasteiger partial charge on any atom is -0.373 e. The Morgan fingerprint density at radius 1 is 1.21 bits per heavy atom. The van der Waals surface area contributed by atoms with Gasteiger partial charge in [0.15, 0.2) is 6.29 Å². The molecule has 2 heterocycles. The Hall–Kier alpha value is -0.905. The zero-order valence-corrected chi connectivity index (χ0v) is 10.8. The quantitative estimate of drug-likeness (QED) is 0.726. The van der Waals surface area contributed by atoms with Crippen molar-refractivity contribution in [2.75, 3.05) is 13.2 Å². The Morgan fingerprint density at radius 3 is 2.68 bits per heavy atom. The third-order valence-electron chi connectivity index (χ3n) is 3.86. The number of hydrogen-bond donors (Lipinski definition) is 0. The second kappa shape index (κ2) is 4.89. The third kappa shape index (κ3) is 2.31. The van der Waals surface area contributed by atoms with Gasteiger partial charge in [-0.3, -0.25) is 0 Å². The lowest BCUT2D eigenvalue weighted by Crippen LogP contribution is -2.58. The molecule has 2 aliphatic rings. The summed E-state index contributed by atoms with van der Waals surface area (Å²) in [5.74, 6) is -0.678. The van der Waals surface area contributed by atoms with Crippen molar-refractivity contribution >= 4 is 7.85 Å². The molecule has 2 radical (unpaired) electrons. The van der Waals surface area contributed by atoms with Gasteiger partial charge in [-0.25, -0.2) is 4.39 Å². The largest absolute Gasteiger partial charge is 0.373 e. The standard InChI is InChI=1S/C14H16BFO3/c1-14(16)11(15)8-17-10-7-18-13(19-12(10)14)9-5-3-2-4-6-9/h2-6,10-13H,7-8H2,1H3/t10-,11-,12?,13-,14+/m1/s1. The molecule has 0 N–H and O–H groups in total. The fourth-order valence-corrected chi connectivity index (χ4v) is 2.55. The monoisotopic (exact) mass is 262 g/mol. The molecule has 100 valence electrons. The van der Waals surface area contributed by atoms with E-state index in [2.05, 4.69) is 0 Å². The molecule has 0 aromatic heterocycles. The number of ether oxygens (including phenoxy) is 3.